The molecule has 0 unspecified atom stereocenters. The van der Waals surface area contributed by atoms with Gasteiger partial charge in [0.05, 0.1) is 6.54 Å². The summed E-state index contributed by atoms with van der Waals surface area (Å²) in [5.74, 6) is 0.171. The van der Waals surface area contributed by atoms with Gasteiger partial charge in [0.2, 0.25) is 5.91 Å². The number of hydrogen-bond acceptors (Lipinski definition) is 2. The molecule has 0 atom stereocenters. The van der Waals surface area contributed by atoms with Gasteiger partial charge >= 0.3 is 0 Å². The lowest BCUT2D eigenvalue weighted by Crippen LogP contribution is -2.06. The second kappa shape index (κ2) is 6.84. The lowest BCUT2D eigenvalue weighted by atomic mass is 10.1. The summed E-state index contributed by atoms with van der Waals surface area (Å²) in [6.07, 6.45) is 3.42. The number of nitrogens with zero attached hydrogens (tertiary/aromatic N) is 2. The SMILES string of the molecule is CC(=O)Nc1cccc(-c2nccn2Cc2c(F)cccc2Cl)c1. The fourth-order valence-corrected chi connectivity index (χ4v) is 2.71. The zero-order valence-electron chi connectivity index (χ0n) is 13.0. The third-order valence-electron chi connectivity index (χ3n) is 3.55. The smallest absolute Gasteiger partial charge is 0.221 e. The molecule has 1 heterocycles. The van der Waals surface area contributed by atoms with Gasteiger partial charge in [-0.3, -0.25) is 4.79 Å². The van der Waals surface area contributed by atoms with E-state index in [1.807, 2.05) is 22.8 Å². The molecule has 1 aromatic heterocycles. The number of imidazole rings is 1. The van der Waals surface area contributed by atoms with E-state index in [0.717, 1.165) is 5.56 Å². The molecule has 0 radical (unpaired) electrons. The van der Waals surface area contributed by atoms with Crippen molar-refractivity contribution >= 4 is 23.2 Å². The predicted octanol–water partition coefficient (Wildman–Crippen LogP) is 4.35. The van der Waals surface area contributed by atoms with Gasteiger partial charge in [0, 0.05) is 41.2 Å². The van der Waals surface area contributed by atoms with Crippen molar-refractivity contribution in [1.29, 1.82) is 0 Å². The molecule has 6 heteroatoms. The van der Waals surface area contributed by atoms with Crippen LogP contribution in [0, 0.1) is 5.82 Å². The largest absolute Gasteiger partial charge is 0.326 e. The maximum Gasteiger partial charge on any atom is 0.221 e. The van der Waals surface area contributed by atoms with Crippen molar-refractivity contribution in [1.82, 2.24) is 9.55 Å². The van der Waals surface area contributed by atoms with Crippen LogP contribution in [0.4, 0.5) is 10.1 Å². The molecule has 3 rings (SSSR count). The van der Waals surface area contributed by atoms with E-state index in [1.165, 1.54) is 13.0 Å². The lowest BCUT2D eigenvalue weighted by Gasteiger charge is -2.11. The van der Waals surface area contributed by atoms with Crippen molar-refractivity contribution in [3.63, 3.8) is 0 Å². The summed E-state index contributed by atoms with van der Waals surface area (Å²) >= 11 is 6.11. The highest BCUT2D eigenvalue weighted by Crippen LogP contribution is 2.25. The number of halogens is 2. The Morgan fingerprint density at radius 3 is 2.83 bits per heavy atom. The van der Waals surface area contributed by atoms with E-state index in [2.05, 4.69) is 10.3 Å². The van der Waals surface area contributed by atoms with Crippen LogP contribution in [0.2, 0.25) is 5.02 Å². The molecule has 0 saturated carbocycles. The second-order valence-electron chi connectivity index (χ2n) is 5.34. The molecule has 1 amide bonds. The summed E-state index contributed by atoms with van der Waals surface area (Å²) in [6, 6.07) is 12.0. The summed E-state index contributed by atoms with van der Waals surface area (Å²) < 4.78 is 15.8. The Labute approximate surface area is 143 Å². The van der Waals surface area contributed by atoms with E-state index in [1.54, 1.807) is 30.6 Å². The Morgan fingerprint density at radius 1 is 1.29 bits per heavy atom. The average Bonchev–Trinajstić information content (AvgIpc) is 2.99. The minimum atomic E-state index is -0.353. The quantitative estimate of drug-likeness (QED) is 0.765. The summed E-state index contributed by atoms with van der Waals surface area (Å²) in [7, 11) is 0. The molecule has 122 valence electrons. The number of benzene rings is 2. The molecule has 2 aromatic carbocycles. The highest BCUT2D eigenvalue weighted by Gasteiger charge is 2.12. The topological polar surface area (TPSA) is 46.9 Å². The van der Waals surface area contributed by atoms with E-state index in [9.17, 15) is 9.18 Å². The first kappa shape index (κ1) is 16.2. The summed E-state index contributed by atoms with van der Waals surface area (Å²) in [5.41, 5.74) is 1.91. The van der Waals surface area contributed by atoms with Crippen LogP contribution in [0.3, 0.4) is 0 Å². The van der Waals surface area contributed by atoms with Crippen molar-refractivity contribution in [2.24, 2.45) is 0 Å². The highest BCUT2D eigenvalue weighted by atomic mass is 35.5. The van der Waals surface area contributed by atoms with Crippen LogP contribution >= 0.6 is 11.6 Å². The Morgan fingerprint density at radius 2 is 2.08 bits per heavy atom. The highest BCUT2D eigenvalue weighted by molar-refractivity contribution is 6.31. The number of amides is 1. The van der Waals surface area contributed by atoms with Crippen molar-refractivity contribution in [3.05, 3.63) is 71.3 Å². The molecule has 0 aliphatic rings. The minimum absolute atomic E-state index is 0.145. The third-order valence-corrected chi connectivity index (χ3v) is 3.90. The van der Waals surface area contributed by atoms with Crippen molar-refractivity contribution in [2.75, 3.05) is 5.32 Å². The van der Waals surface area contributed by atoms with Crippen LogP contribution in [0.25, 0.3) is 11.4 Å². The molecule has 0 bridgehead atoms. The van der Waals surface area contributed by atoms with E-state index < -0.39 is 0 Å². The van der Waals surface area contributed by atoms with Crippen LogP contribution in [-0.2, 0) is 11.3 Å². The van der Waals surface area contributed by atoms with Crippen LogP contribution in [-0.4, -0.2) is 15.5 Å². The first-order valence-electron chi connectivity index (χ1n) is 7.36. The number of carbonyl (C=O) groups is 1. The summed E-state index contributed by atoms with van der Waals surface area (Å²) in [6.45, 7) is 1.72. The fraction of sp³-hybridized carbons (Fsp3) is 0.111. The maximum atomic E-state index is 14.0. The van der Waals surface area contributed by atoms with E-state index in [-0.39, 0.29) is 18.3 Å². The van der Waals surface area contributed by atoms with Gasteiger partial charge in [0.15, 0.2) is 0 Å². The number of carbonyl (C=O) groups excluding carboxylic acids is 1. The molecule has 0 spiro atoms. The molecular weight excluding hydrogens is 329 g/mol. The third kappa shape index (κ3) is 3.46. The van der Waals surface area contributed by atoms with Crippen LogP contribution < -0.4 is 5.32 Å². The molecular formula is C18H15ClFN3O. The summed E-state index contributed by atoms with van der Waals surface area (Å²) in [4.78, 5) is 15.6. The number of nitrogens with one attached hydrogen (secondary N) is 1. The minimum Gasteiger partial charge on any atom is -0.326 e. The first-order valence-corrected chi connectivity index (χ1v) is 7.74. The van der Waals surface area contributed by atoms with Gasteiger partial charge in [-0.05, 0) is 24.3 Å². The van der Waals surface area contributed by atoms with Crippen LogP contribution in [0.5, 0.6) is 0 Å². The Bertz CT molecular complexity index is 871. The number of aromatic nitrogens is 2. The molecule has 4 nitrogen and oxygen atoms in total. The molecule has 0 aliphatic carbocycles. The number of rotatable bonds is 4. The molecule has 0 fully saturated rings. The second-order valence-corrected chi connectivity index (χ2v) is 5.75. The van der Waals surface area contributed by atoms with Gasteiger partial charge in [-0.25, -0.2) is 9.37 Å². The van der Waals surface area contributed by atoms with E-state index in [4.69, 9.17) is 11.6 Å². The Balaban J connectivity index is 1.95. The van der Waals surface area contributed by atoms with E-state index >= 15 is 0 Å². The number of hydrogen-bond donors (Lipinski definition) is 1. The molecule has 0 saturated heterocycles. The standard InChI is InChI=1S/C18H15ClFN3O/c1-12(24)22-14-5-2-4-13(10-14)18-21-8-9-23(18)11-15-16(19)6-3-7-17(15)20/h2-10H,11H2,1H3,(H,22,24). The van der Waals surface area contributed by atoms with Gasteiger partial charge in [0.25, 0.3) is 0 Å². The number of anilines is 1. The average molecular weight is 344 g/mol. The van der Waals surface area contributed by atoms with Gasteiger partial charge in [-0.2, -0.15) is 0 Å². The zero-order chi connectivity index (χ0) is 17.1. The normalized spacial score (nSPS) is 10.6. The van der Waals surface area contributed by atoms with Gasteiger partial charge < -0.3 is 9.88 Å². The van der Waals surface area contributed by atoms with Crippen molar-refractivity contribution in [3.8, 4) is 11.4 Å². The van der Waals surface area contributed by atoms with E-state index in [0.29, 0.717) is 22.1 Å². The summed E-state index contributed by atoms with van der Waals surface area (Å²) in [5, 5.41) is 3.11. The van der Waals surface area contributed by atoms with Crippen LogP contribution in [0.15, 0.2) is 54.9 Å². The van der Waals surface area contributed by atoms with Gasteiger partial charge in [-0.15, -0.1) is 0 Å². The molecule has 1 N–H and O–H groups in total. The van der Waals surface area contributed by atoms with Gasteiger partial charge in [-0.1, -0.05) is 29.8 Å². The lowest BCUT2D eigenvalue weighted by molar-refractivity contribution is -0.114. The predicted molar refractivity (Wildman–Crippen MR) is 92.5 cm³/mol. The molecule has 24 heavy (non-hydrogen) atoms. The van der Waals surface area contributed by atoms with Crippen molar-refractivity contribution < 1.29 is 9.18 Å². The Kier molecular flexibility index (Phi) is 4.62. The monoisotopic (exact) mass is 343 g/mol. The van der Waals surface area contributed by atoms with Crippen molar-refractivity contribution in [2.45, 2.75) is 13.5 Å². The molecule has 3 aromatic rings. The molecule has 0 aliphatic heterocycles. The Hall–Kier alpha value is -2.66. The fourth-order valence-electron chi connectivity index (χ4n) is 2.49. The first-order chi connectivity index (χ1) is 11.5. The maximum absolute atomic E-state index is 14.0. The zero-order valence-corrected chi connectivity index (χ0v) is 13.7. The van der Waals surface area contributed by atoms with Crippen LogP contribution in [0.1, 0.15) is 12.5 Å². The van der Waals surface area contributed by atoms with Gasteiger partial charge in [0.1, 0.15) is 11.6 Å².